The number of benzene rings is 1. The zero-order valence-electron chi connectivity index (χ0n) is 11.2. The molecule has 1 heterocycles. The molecule has 0 fully saturated rings. The maximum atomic E-state index is 9.13. The molecule has 1 aromatic carbocycles. The highest BCUT2D eigenvalue weighted by Crippen LogP contribution is 2.22. The minimum Gasteiger partial charge on any atom is -0.380 e. The van der Waals surface area contributed by atoms with Gasteiger partial charge in [-0.25, -0.2) is 0 Å². The first-order valence-electron chi connectivity index (χ1n) is 5.95. The number of nitrogens with one attached hydrogen (secondary N) is 1. The Balaban J connectivity index is 2.22. The molecule has 0 bridgehead atoms. The van der Waals surface area contributed by atoms with E-state index in [0.29, 0.717) is 12.1 Å². The Hall–Kier alpha value is -1.80. The fraction of sp³-hybridized carbons (Fsp3) is 0.286. The van der Waals surface area contributed by atoms with Gasteiger partial charge < -0.3 is 5.32 Å². The highest BCUT2D eigenvalue weighted by molar-refractivity contribution is 9.10. The van der Waals surface area contributed by atoms with Crippen LogP contribution in [0.4, 0.5) is 5.69 Å². The second-order valence-electron chi connectivity index (χ2n) is 4.43. The van der Waals surface area contributed by atoms with Crippen LogP contribution in [0.1, 0.15) is 22.5 Å². The van der Waals surface area contributed by atoms with Crippen LogP contribution in [0.25, 0.3) is 0 Å². The first-order valence-corrected chi connectivity index (χ1v) is 6.75. The van der Waals surface area contributed by atoms with E-state index in [9.17, 15) is 0 Å². The van der Waals surface area contributed by atoms with Crippen LogP contribution >= 0.6 is 15.9 Å². The van der Waals surface area contributed by atoms with E-state index in [0.717, 1.165) is 21.5 Å². The Morgan fingerprint density at radius 1 is 1.42 bits per heavy atom. The van der Waals surface area contributed by atoms with Crippen LogP contribution < -0.4 is 5.32 Å². The van der Waals surface area contributed by atoms with E-state index in [-0.39, 0.29) is 0 Å². The SMILES string of the molecule is Cc1nn(C)c(C)c1CNc1ccc(Br)cc1C#N. The van der Waals surface area contributed by atoms with E-state index in [2.05, 4.69) is 32.4 Å². The van der Waals surface area contributed by atoms with E-state index in [1.54, 1.807) is 0 Å². The summed E-state index contributed by atoms with van der Waals surface area (Å²) in [6.07, 6.45) is 0. The highest BCUT2D eigenvalue weighted by Gasteiger charge is 2.10. The molecule has 0 saturated carbocycles. The van der Waals surface area contributed by atoms with Gasteiger partial charge in [-0.3, -0.25) is 4.68 Å². The number of aromatic nitrogens is 2. The van der Waals surface area contributed by atoms with E-state index in [1.165, 1.54) is 5.56 Å². The summed E-state index contributed by atoms with van der Waals surface area (Å²) in [6.45, 7) is 4.71. The van der Waals surface area contributed by atoms with Gasteiger partial charge in [0.05, 0.1) is 16.9 Å². The van der Waals surface area contributed by atoms with Gasteiger partial charge in [0.1, 0.15) is 6.07 Å². The van der Waals surface area contributed by atoms with Gasteiger partial charge in [-0.1, -0.05) is 15.9 Å². The summed E-state index contributed by atoms with van der Waals surface area (Å²) in [5.74, 6) is 0. The predicted octanol–water partition coefficient (Wildman–Crippen LogP) is 3.28. The fourth-order valence-electron chi connectivity index (χ4n) is 2.02. The van der Waals surface area contributed by atoms with Crippen molar-refractivity contribution in [1.82, 2.24) is 9.78 Å². The number of aryl methyl sites for hydroxylation is 2. The molecular weight excluding hydrogens is 304 g/mol. The van der Waals surface area contributed by atoms with E-state index in [4.69, 9.17) is 5.26 Å². The van der Waals surface area contributed by atoms with Crippen LogP contribution in [0.5, 0.6) is 0 Å². The lowest BCUT2D eigenvalue weighted by atomic mass is 10.1. The fourth-order valence-corrected chi connectivity index (χ4v) is 2.38. The molecule has 4 nitrogen and oxygen atoms in total. The van der Waals surface area contributed by atoms with E-state index < -0.39 is 0 Å². The molecule has 0 aliphatic carbocycles. The lowest BCUT2D eigenvalue weighted by molar-refractivity contribution is 0.730. The molecule has 2 aromatic rings. The van der Waals surface area contributed by atoms with Crippen LogP contribution in [-0.4, -0.2) is 9.78 Å². The largest absolute Gasteiger partial charge is 0.380 e. The lowest BCUT2D eigenvalue weighted by Crippen LogP contribution is -2.03. The molecule has 5 heteroatoms. The Bertz CT molecular complexity index is 652. The molecule has 0 spiro atoms. The average Bonchev–Trinajstić information content (AvgIpc) is 2.62. The van der Waals surface area contributed by atoms with Crippen molar-refractivity contribution in [3.05, 3.63) is 45.2 Å². The molecule has 1 N–H and O–H groups in total. The summed E-state index contributed by atoms with van der Waals surface area (Å²) in [7, 11) is 1.94. The topological polar surface area (TPSA) is 53.6 Å². The second kappa shape index (κ2) is 5.45. The van der Waals surface area contributed by atoms with Crippen LogP contribution in [0.15, 0.2) is 22.7 Å². The van der Waals surface area contributed by atoms with Gasteiger partial charge in [-0.05, 0) is 32.0 Å². The van der Waals surface area contributed by atoms with Crippen molar-refractivity contribution >= 4 is 21.6 Å². The normalized spacial score (nSPS) is 10.3. The predicted molar refractivity (Wildman–Crippen MR) is 78.9 cm³/mol. The van der Waals surface area contributed by atoms with Crippen LogP contribution in [0.3, 0.4) is 0 Å². The summed E-state index contributed by atoms with van der Waals surface area (Å²) in [4.78, 5) is 0. The maximum Gasteiger partial charge on any atom is 0.101 e. The number of anilines is 1. The van der Waals surface area contributed by atoms with Gasteiger partial charge in [0.15, 0.2) is 0 Å². The zero-order valence-corrected chi connectivity index (χ0v) is 12.7. The molecule has 0 aliphatic heterocycles. The number of halogens is 1. The van der Waals surface area contributed by atoms with Gasteiger partial charge in [0, 0.05) is 29.3 Å². The minimum absolute atomic E-state index is 0.633. The summed E-state index contributed by atoms with van der Waals surface area (Å²) >= 11 is 3.37. The van der Waals surface area contributed by atoms with Crippen LogP contribution in [0, 0.1) is 25.2 Å². The van der Waals surface area contributed by atoms with Gasteiger partial charge in [0.2, 0.25) is 0 Å². The van der Waals surface area contributed by atoms with Crippen molar-refractivity contribution in [3.63, 3.8) is 0 Å². The summed E-state index contributed by atoms with van der Waals surface area (Å²) in [5.41, 5.74) is 4.81. The molecule has 0 amide bonds. The van der Waals surface area contributed by atoms with Gasteiger partial charge >= 0.3 is 0 Å². The Morgan fingerprint density at radius 3 is 2.74 bits per heavy atom. The average molecular weight is 319 g/mol. The van der Waals surface area contributed by atoms with Crippen LogP contribution in [0.2, 0.25) is 0 Å². The van der Waals surface area contributed by atoms with E-state index in [1.807, 2.05) is 43.8 Å². The first-order chi connectivity index (χ1) is 9.02. The van der Waals surface area contributed by atoms with Crippen molar-refractivity contribution in [2.75, 3.05) is 5.32 Å². The third-order valence-electron chi connectivity index (χ3n) is 3.22. The number of rotatable bonds is 3. The molecule has 0 atom stereocenters. The Morgan fingerprint density at radius 2 is 2.16 bits per heavy atom. The van der Waals surface area contributed by atoms with Crippen molar-refractivity contribution in [3.8, 4) is 6.07 Å². The molecule has 0 saturated heterocycles. The van der Waals surface area contributed by atoms with Gasteiger partial charge in [-0.2, -0.15) is 10.4 Å². The smallest absolute Gasteiger partial charge is 0.101 e. The number of nitriles is 1. The Kier molecular flexibility index (Phi) is 3.91. The minimum atomic E-state index is 0.633. The van der Waals surface area contributed by atoms with Gasteiger partial charge in [-0.15, -0.1) is 0 Å². The molecule has 98 valence electrons. The molecule has 0 unspecified atom stereocenters. The summed E-state index contributed by atoms with van der Waals surface area (Å²) < 4.78 is 2.78. The first kappa shape index (κ1) is 13.6. The van der Waals surface area contributed by atoms with Crippen molar-refractivity contribution in [1.29, 1.82) is 5.26 Å². The molecule has 1 aromatic heterocycles. The lowest BCUT2D eigenvalue weighted by Gasteiger charge is -2.09. The Labute approximate surface area is 121 Å². The molecule has 0 radical (unpaired) electrons. The monoisotopic (exact) mass is 318 g/mol. The van der Waals surface area contributed by atoms with Crippen LogP contribution in [-0.2, 0) is 13.6 Å². The molecule has 2 rings (SSSR count). The van der Waals surface area contributed by atoms with E-state index >= 15 is 0 Å². The number of hydrogen-bond acceptors (Lipinski definition) is 3. The zero-order chi connectivity index (χ0) is 14.0. The third kappa shape index (κ3) is 2.79. The van der Waals surface area contributed by atoms with Crippen molar-refractivity contribution < 1.29 is 0 Å². The number of hydrogen-bond donors (Lipinski definition) is 1. The van der Waals surface area contributed by atoms with Gasteiger partial charge in [0.25, 0.3) is 0 Å². The highest BCUT2D eigenvalue weighted by atomic mass is 79.9. The molecule has 19 heavy (non-hydrogen) atoms. The molecular formula is C14H15BrN4. The quantitative estimate of drug-likeness (QED) is 0.944. The van der Waals surface area contributed by atoms with Crippen molar-refractivity contribution in [2.45, 2.75) is 20.4 Å². The summed E-state index contributed by atoms with van der Waals surface area (Å²) in [6, 6.07) is 7.83. The molecule has 0 aliphatic rings. The summed E-state index contributed by atoms with van der Waals surface area (Å²) in [5, 5.41) is 16.8. The maximum absolute atomic E-state index is 9.13. The number of nitrogens with zero attached hydrogens (tertiary/aromatic N) is 3. The second-order valence-corrected chi connectivity index (χ2v) is 5.34. The van der Waals surface area contributed by atoms with Crippen molar-refractivity contribution in [2.24, 2.45) is 7.05 Å². The standard InChI is InChI=1S/C14H15BrN4/c1-9-13(10(2)19(3)18-9)8-17-14-5-4-12(15)6-11(14)7-16/h4-6,17H,8H2,1-3H3. The third-order valence-corrected chi connectivity index (χ3v) is 3.71.